The summed E-state index contributed by atoms with van der Waals surface area (Å²) in [6.07, 6.45) is 5.83. The van der Waals surface area contributed by atoms with E-state index >= 15 is 0 Å². The van der Waals surface area contributed by atoms with E-state index in [9.17, 15) is 0 Å². The molecule has 0 amide bonds. The maximum atomic E-state index is 6.34. The third-order valence-corrected chi connectivity index (χ3v) is 5.53. The van der Waals surface area contributed by atoms with Crippen LogP contribution in [0.5, 0.6) is 0 Å². The first-order valence-electron chi connectivity index (χ1n) is 9.51. The molecule has 1 atom stereocenters. The molecule has 0 aromatic heterocycles. The minimum absolute atomic E-state index is 0.555. The molecule has 2 aromatic carbocycles. The zero-order chi connectivity index (χ0) is 19.8. The van der Waals surface area contributed by atoms with Crippen LogP contribution in [0.25, 0.3) is 0 Å². The standard InChI is InChI=1S/C24H29Cl2N/c1-5-7-20(6-2)17-27(23-14-8-18(3)9-15-23)19(4)10-11-21-12-13-22(25)16-24(21)26/h5,8-9,12-16,20H,1,4,6-7,10-11,17H2,2-3H3. The highest BCUT2D eigenvalue weighted by Crippen LogP contribution is 2.27. The van der Waals surface area contributed by atoms with E-state index in [-0.39, 0.29) is 0 Å². The fourth-order valence-electron chi connectivity index (χ4n) is 3.14. The van der Waals surface area contributed by atoms with Crippen molar-refractivity contribution >= 4 is 28.9 Å². The van der Waals surface area contributed by atoms with Crippen LogP contribution in [0.2, 0.25) is 10.0 Å². The monoisotopic (exact) mass is 401 g/mol. The van der Waals surface area contributed by atoms with E-state index in [1.165, 1.54) is 11.3 Å². The van der Waals surface area contributed by atoms with Crippen molar-refractivity contribution in [1.82, 2.24) is 0 Å². The van der Waals surface area contributed by atoms with Gasteiger partial charge in [0.05, 0.1) is 0 Å². The Balaban J connectivity index is 2.16. The quantitative estimate of drug-likeness (QED) is 0.366. The first kappa shape index (κ1) is 21.6. The lowest BCUT2D eigenvalue weighted by molar-refractivity contribution is 0.514. The molecule has 0 bridgehead atoms. The molecular formula is C24H29Cl2N. The van der Waals surface area contributed by atoms with Crippen molar-refractivity contribution in [2.45, 2.75) is 39.5 Å². The fourth-order valence-corrected chi connectivity index (χ4v) is 3.65. The molecule has 2 rings (SSSR count). The topological polar surface area (TPSA) is 3.24 Å². The van der Waals surface area contributed by atoms with Crippen molar-refractivity contribution in [1.29, 1.82) is 0 Å². The number of hydrogen-bond donors (Lipinski definition) is 0. The van der Waals surface area contributed by atoms with Gasteiger partial charge < -0.3 is 4.90 Å². The van der Waals surface area contributed by atoms with E-state index in [0.717, 1.165) is 48.5 Å². The zero-order valence-electron chi connectivity index (χ0n) is 16.3. The number of nitrogens with zero attached hydrogens (tertiary/aromatic N) is 1. The number of aryl methyl sites for hydroxylation is 2. The highest BCUT2D eigenvalue weighted by atomic mass is 35.5. The van der Waals surface area contributed by atoms with Gasteiger partial charge in [-0.25, -0.2) is 0 Å². The number of allylic oxidation sites excluding steroid dienone is 2. The van der Waals surface area contributed by atoms with E-state index in [2.05, 4.69) is 56.2 Å². The average Bonchev–Trinajstić information content (AvgIpc) is 2.65. The molecule has 0 saturated heterocycles. The molecule has 0 saturated carbocycles. The molecule has 2 aromatic rings. The number of halogens is 2. The van der Waals surface area contributed by atoms with Gasteiger partial charge in [-0.3, -0.25) is 0 Å². The summed E-state index contributed by atoms with van der Waals surface area (Å²) in [6, 6.07) is 14.4. The second kappa shape index (κ2) is 10.6. The van der Waals surface area contributed by atoms with E-state index in [1.807, 2.05) is 18.2 Å². The summed E-state index contributed by atoms with van der Waals surface area (Å²) in [5.41, 5.74) is 4.65. The number of benzene rings is 2. The Bertz CT molecular complexity index is 764. The molecule has 0 aliphatic heterocycles. The molecule has 0 spiro atoms. The molecule has 3 heteroatoms. The van der Waals surface area contributed by atoms with Gasteiger partial charge in [0, 0.05) is 28.0 Å². The second-order valence-electron chi connectivity index (χ2n) is 7.05. The Morgan fingerprint density at radius 1 is 1.15 bits per heavy atom. The minimum Gasteiger partial charge on any atom is -0.345 e. The third-order valence-electron chi connectivity index (χ3n) is 4.94. The van der Waals surface area contributed by atoms with Crippen LogP contribution < -0.4 is 4.90 Å². The predicted molar refractivity (Wildman–Crippen MR) is 121 cm³/mol. The Kier molecular flexibility index (Phi) is 8.47. The first-order chi connectivity index (χ1) is 12.9. The van der Waals surface area contributed by atoms with Gasteiger partial charge in [-0.05, 0) is 61.9 Å². The van der Waals surface area contributed by atoms with Gasteiger partial charge in [0.1, 0.15) is 0 Å². The molecule has 0 aliphatic rings. The fraction of sp³-hybridized carbons (Fsp3) is 0.333. The first-order valence-corrected chi connectivity index (χ1v) is 10.3. The maximum absolute atomic E-state index is 6.34. The Morgan fingerprint density at radius 3 is 2.44 bits per heavy atom. The molecule has 1 nitrogen and oxygen atoms in total. The predicted octanol–water partition coefficient (Wildman–Crippen LogP) is 7.86. The van der Waals surface area contributed by atoms with Crippen LogP contribution >= 0.6 is 23.2 Å². The van der Waals surface area contributed by atoms with Gasteiger partial charge in [-0.1, -0.05) is 73.0 Å². The van der Waals surface area contributed by atoms with Gasteiger partial charge in [-0.2, -0.15) is 0 Å². The number of anilines is 1. The summed E-state index contributed by atoms with van der Waals surface area (Å²) in [5, 5.41) is 1.38. The van der Waals surface area contributed by atoms with Crippen molar-refractivity contribution in [2.24, 2.45) is 5.92 Å². The Morgan fingerprint density at radius 2 is 1.85 bits per heavy atom. The van der Waals surface area contributed by atoms with Crippen molar-refractivity contribution in [3.05, 3.63) is 88.6 Å². The van der Waals surface area contributed by atoms with E-state index in [4.69, 9.17) is 23.2 Å². The largest absolute Gasteiger partial charge is 0.345 e. The van der Waals surface area contributed by atoms with Crippen LogP contribution in [0.3, 0.4) is 0 Å². The SMILES string of the molecule is C=CCC(CC)CN(C(=C)CCc1ccc(Cl)cc1Cl)c1ccc(C)cc1. The van der Waals surface area contributed by atoms with Crippen molar-refractivity contribution in [3.8, 4) is 0 Å². The highest BCUT2D eigenvalue weighted by molar-refractivity contribution is 6.35. The summed E-state index contributed by atoms with van der Waals surface area (Å²) in [6.45, 7) is 13.6. The zero-order valence-corrected chi connectivity index (χ0v) is 17.9. The van der Waals surface area contributed by atoms with Crippen LogP contribution in [0.4, 0.5) is 5.69 Å². The van der Waals surface area contributed by atoms with Crippen LogP contribution in [0.1, 0.15) is 37.3 Å². The van der Waals surface area contributed by atoms with Crippen molar-refractivity contribution in [3.63, 3.8) is 0 Å². The lowest BCUT2D eigenvalue weighted by Crippen LogP contribution is -2.28. The normalized spacial score (nSPS) is 11.9. The van der Waals surface area contributed by atoms with E-state index in [0.29, 0.717) is 10.9 Å². The Hall–Kier alpha value is -1.70. The second-order valence-corrected chi connectivity index (χ2v) is 7.89. The van der Waals surface area contributed by atoms with Crippen LogP contribution in [0, 0.1) is 12.8 Å². The van der Waals surface area contributed by atoms with Gasteiger partial charge in [0.25, 0.3) is 0 Å². The molecule has 0 radical (unpaired) electrons. The third kappa shape index (κ3) is 6.45. The van der Waals surface area contributed by atoms with Crippen molar-refractivity contribution < 1.29 is 0 Å². The molecule has 27 heavy (non-hydrogen) atoms. The molecule has 0 N–H and O–H groups in total. The molecule has 144 valence electrons. The summed E-state index contributed by atoms with van der Waals surface area (Å²) in [4.78, 5) is 2.35. The minimum atomic E-state index is 0.555. The smallest absolute Gasteiger partial charge is 0.0452 e. The summed E-state index contributed by atoms with van der Waals surface area (Å²) in [5.74, 6) is 0.555. The molecule has 0 fully saturated rings. The van der Waals surface area contributed by atoms with E-state index < -0.39 is 0 Å². The number of rotatable bonds is 10. The van der Waals surface area contributed by atoms with Gasteiger partial charge in [0.2, 0.25) is 0 Å². The highest BCUT2D eigenvalue weighted by Gasteiger charge is 2.16. The van der Waals surface area contributed by atoms with Crippen LogP contribution in [-0.4, -0.2) is 6.54 Å². The summed E-state index contributed by atoms with van der Waals surface area (Å²) in [7, 11) is 0. The molecule has 1 unspecified atom stereocenters. The maximum Gasteiger partial charge on any atom is 0.0452 e. The summed E-state index contributed by atoms with van der Waals surface area (Å²) < 4.78 is 0. The van der Waals surface area contributed by atoms with Gasteiger partial charge >= 0.3 is 0 Å². The van der Waals surface area contributed by atoms with E-state index in [1.54, 1.807) is 6.07 Å². The van der Waals surface area contributed by atoms with Crippen molar-refractivity contribution in [2.75, 3.05) is 11.4 Å². The van der Waals surface area contributed by atoms with Crippen LogP contribution in [0.15, 0.2) is 67.4 Å². The lowest BCUT2D eigenvalue weighted by Gasteiger charge is -2.31. The average molecular weight is 402 g/mol. The van der Waals surface area contributed by atoms with Gasteiger partial charge in [0.15, 0.2) is 0 Å². The number of hydrogen-bond acceptors (Lipinski definition) is 1. The summed E-state index contributed by atoms with van der Waals surface area (Å²) >= 11 is 12.3. The molecule has 0 heterocycles. The Labute approximate surface area is 174 Å². The molecule has 0 aliphatic carbocycles. The lowest BCUT2D eigenvalue weighted by atomic mass is 10.00. The van der Waals surface area contributed by atoms with Crippen LogP contribution in [-0.2, 0) is 6.42 Å². The van der Waals surface area contributed by atoms with Gasteiger partial charge in [-0.15, -0.1) is 6.58 Å². The molecular weight excluding hydrogens is 373 g/mol.